The summed E-state index contributed by atoms with van der Waals surface area (Å²) in [7, 11) is 0. The van der Waals surface area contributed by atoms with E-state index in [0.29, 0.717) is 16.7 Å². The van der Waals surface area contributed by atoms with Gasteiger partial charge in [0.1, 0.15) is 12.4 Å². The number of amides is 1. The van der Waals surface area contributed by atoms with E-state index in [-0.39, 0.29) is 5.91 Å². The maximum absolute atomic E-state index is 12.6. The van der Waals surface area contributed by atoms with Gasteiger partial charge in [-0.2, -0.15) is 0 Å². The van der Waals surface area contributed by atoms with Gasteiger partial charge in [0.15, 0.2) is 5.17 Å². The molecule has 5 heteroatoms. The van der Waals surface area contributed by atoms with E-state index in [4.69, 9.17) is 4.74 Å². The number of fused-ring (bicyclic) bond motifs is 1. The molecule has 32 heavy (non-hydrogen) atoms. The summed E-state index contributed by atoms with van der Waals surface area (Å²) < 4.78 is 6.29. The van der Waals surface area contributed by atoms with Gasteiger partial charge in [0.2, 0.25) is 0 Å². The van der Waals surface area contributed by atoms with Crippen LogP contribution in [0.3, 0.4) is 0 Å². The maximum atomic E-state index is 12.6. The maximum Gasteiger partial charge on any atom is 0.264 e. The summed E-state index contributed by atoms with van der Waals surface area (Å²) >= 11 is 1.33. The van der Waals surface area contributed by atoms with E-state index in [2.05, 4.69) is 16.4 Å². The predicted octanol–water partition coefficient (Wildman–Crippen LogP) is 6.31. The molecule has 1 N–H and O–H groups in total. The first-order valence-corrected chi connectivity index (χ1v) is 11.1. The van der Waals surface area contributed by atoms with Gasteiger partial charge in [0, 0.05) is 10.9 Å². The van der Waals surface area contributed by atoms with E-state index in [0.717, 1.165) is 33.3 Å². The Morgan fingerprint density at radius 1 is 0.844 bits per heavy atom. The van der Waals surface area contributed by atoms with Crippen molar-refractivity contribution in [1.82, 2.24) is 5.32 Å². The van der Waals surface area contributed by atoms with Crippen LogP contribution in [0.2, 0.25) is 0 Å². The van der Waals surface area contributed by atoms with Crippen LogP contribution in [0.15, 0.2) is 107 Å². The Morgan fingerprint density at radius 2 is 1.56 bits per heavy atom. The lowest BCUT2D eigenvalue weighted by Crippen LogP contribution is -2.19. The minimum Gasteiger partial charge on any atom is -0.488 e. The van der Waals surface area contributed by atoms with Crippen molar-refractivity contribution in [1.29, 1.82) is 0 Å². The first-order chi connectivity index (χ1) is 15.8. The fourth-order valence-corrected chi connectivity index (χ4v) is 4.34. The zero-order valence-electron chi connectivity index (χ0n) is 17.2. The summed E-state index contributed by atoms with van der Waals surface area (Å²) in [5, 5.41) is 5.53. The lowest BCUT2D eigenvalue weighted by atomic mass is 10.0. The van der Waals surface area contributed by atoms with Crippen molar-refractivity contribution in [3.05, 3.63) is 113 Å². The molecule has 4 aromatic rings. The molecule has 1 amide bonds. The van der Waals surface area contributed by atoms with Crippen LogP contribution in [0.5, 0.6) is 5.75 Å². The van der Waals surface area contributed by atoms with E-state index in [1.165, 1.54) is 11.8 Å². The van der Waals surface area contributed by atoms with Crippen molar-refractivity contribution in [3.8, 4) is 5.75 Å². The van der Waals surface area contributed by atoms with Crippen molar-refractivity contribution < 1.29 is 9.53 Å². The molecule has 4 aromatic carbocycles. The number of hydrogen-bond donors (Lipinski definition) is 1. The number of rotatable bonds is 5. The van der Waals surface area contributed by atoms with Crippen molar-refractivity contribution >= 4 is 45.4 Å². The number of hydrogen-bond acceptors (Lipinski definition) is 4. The number of aliphatic imine (C=N–C) groups is 1. The Bertz CT molecular complexity index is 1330. The molecule has 0 spiro atoms. The van der Waals surface area contributed by atoms with E-state index in [1.54, 1.807) is 0 Å². The molecular formula is C27H20N2O2S. The van der Waals surface area contributed by atoms with Gasteiger partial charge < -0.3 is 10.1 Å². The van der Waals surface area contributed by atoms with Gasteiger partial charge in [-0.15, -0.1) is 0 Å². The van der Waals surface area contributed by atoms with Crippen LogP contribution in [-0.4, -0.2) is 11.1 Å². The predicted molar refractivity (Wildman–Crippen MR) is 132 cm³/mol. The number of ether oxygens (including phenoxy) is 1. The summed E-state index contributed by atoms with van der Waals surface area (Å²) in [5.41, 5.74) is 2.75. The third-order valence-corrected chi connectivity index (χ3v) is 5.97. The van der Waals surface area contributed by atoms with Crippen LogP contribution in [0.4, 0.5) is 5.69 Å². The fraction of sp³-hybridized carbons (Fsp3) is 0.0370. The standard InChI is InChI=1S/C27H20N2O2S/c30-26-24(32-27(29-26)28-22-12-5-2-6-13-22)17-21-16-15-20-11-7-8-14-23(20)25(21)31-18-19-9-3-1-4-10-19/h1-17H,18H2,(H,28,29,30). The fourth-order valence-electron chi connectivity index (χ4n) is 3.51. The molecule has 0 aromatic heterocycles. The van der Waals surface area contributed by atoms with Gasteiger partial charge in [-0.25, -0.2) is 4.99 Å². The highest BCUT2D eigenvalue weighted by Gasteiger charge is 2.24. The highest BCUT2D eigenvalue weighted by molar-refractivity contribution is 8.18. The van der Waals surface area contributed by atoms with Crippen molar-refractivity contribution in [3.63, 3.8) is 0 Å². The molecule has 0 aliphatic carbocycles. The molecule has 1 aliphatic rings. The summed E-state index contributed by atoms with van der Waals surface area (Å²) in [6.07, 6.45) is 1.88. The zero-order chi connectivity index (χ0) is 21.8. The minimum atomic E-state index is -0.160. The van der Waals surface area contributed by atoms with Gasteiger partial charge in [0.25, 0.3) is 5.91 Å². The molecule has 156 valence electrons. The highest BCUT2D eigenvalue weighted by atomic mass is 32.2. The molecule has 1 heterocycles. The number of nitrogens with one attached hydrogen (secondary N) is 1. The van der Waals surface area contributed by atoms with Crippen molar-refractivity contribution in [2.24, 2.45) is 4.99 Å². The molecule has 0 unspecified atom stereocenters. The third-order valence-electron chi connectivity index (χ3n) is 5.06. The number of carbonyl (C=O) groups is 1. The van der Waals surface area contributed by atoms with Gasteiger partial charge >= 0.3 is 0 Å². The Balaban J connectivity index is 1.49. The van der Waals surface area contributed by atoms with Crippen LogP contribution in [0.25, 0.3) is 16.8 Å². The second-order valence-corrected chi connectivity index (χ2v) is 8.33. The molecule has 0 radical (unpaired) electrons. The van der Waals surface area contributed by atoms with Crippen molar-refractivity contribution in [2.45, 2.75) is 6.61 Å². The normalized spacial score (nSPS) is 15.9. The second-order valence-electron chi connectivity index (χ2n) is 7.30. The molecule has 0 atom stereocenters. The Labute approximate surface area is 190 Å². The van der Waals surface area contributed by atoms with Gasteiger partial charge in [-0.05, 0) is 40.9 Å². The summed E-state index contributed by atoms with van der Waals surface area (Å²) in [6, 6.07) is 31.8. The van der Waals surface area contributed by atoms with E-state index >= 15 is 0 Å². The minimum absolute atomic E-state index is 0.160. The van der Waals surface area contributed by atoms with E-state index in [1.807, 2.05) is 97.1 Å². The summed E-state index contributed by atoms with van der Waals surface area (Å²) in [4.78, 5) is 17.7. The highest BCUT2D eigenvalue weighted by Crippen LogP contribution is 2.35. The van der Waals surface area contributed by atoms with Gasteiger partial charge in [-0.3, -0.25) is 4.79 Å². The lowest BCUT2D eigenvalue weighted by Gasteiger charge is -2.13. The molecule has 0 saturated carbocycles. The van der Waals surface area contributed by atoms with E-state index in [9.17, 15) is 4.79 Å². The van der Waals surface area contributed by atoms with Crippen LogP contribution >= 0.6 is 11.8 Å². The average molecular weight is 437 g/mol. The van der Waals surface area contributed by atoms with Crippen LogP contribution in [0, 0.1) is 0 Å². The zero-order valence-corrected chi connectivity index (χ0v) is 18.0. The van der Waals surface area contributed by atoms with Crippen molar-refractivity contribution in [2.75, 3.05) is 0 Å². The topological polar surface area (TPSA) is 50.7 Å². The Morgan fingerprint density at radius 3 is 2.38 bits per heavy atom. The van der Waals surface area contributed by atoms with E-state index < -0.39 is 0 Å². The summed E-state index contributed by atoms with van der Waals surface area (Å²) in [5.74, 6) is 0.605. The molecule has 1 aliphatic heterocycles. The first kappa shape index (κ1) is 20.1. The number of para-hydroxylation sites is 1. The molecule has 1 fully saturated rings. The molecule has 1 saturated heterocycles. The van der Waals surface area contributed by atoms with Gasteiger partial charge in [-0.1, -0.05) is 84.9 Å². The Hall–Kier alpha value is -3.83. The molecular weight excluding hydrogens is 416 g/mol. The molecule has 4 nitrogen and oxygen atoms in total. The lowest BCUT2D eigenvalue weighted by molar-refractivity contribution is -0.115. The number of benzene rings is 4. The first-order valence-electron chi connectivity index (χ1n) is 10.3. The van der Waals surface area contributed by atoms with Gasteiger partial charge in [0.05, 0.1) is 10.6 Å². The molecule has 0 bridgehead atoms. The number of amidine groups is 1. The number of nitrogens with zero attached hydrogens (tertiary/aromatic N) is 1. The number of carbonyl (C=O) groups excluding carboxylic acids is 1. The summed E-state index contributed by atoms with van der Waals surface area (Å²) in [6.45, 7) is 0.449. The average Bonchev–Trinajstić information content (AvgIpc) is 3.18. The third kappa shape index (κ3) is 4.43. The number of thioether (sulfide) groups is 1. The Kier molecular flexibility index (Phi) is 5.73. The monoisotopic (exact) mass is 436 g/mol. The largest absolute Gasteiger partial charge is 0.488 e. The van der Waals surface area contributed by atoms with Crippen LogP contribution < -0.4 is 10.1 Å². The SMILES string of the molecule is O=C1NC(=Nc2ccccc2)SC1=Cc1ccc2ccccc2c1OCc1ccccc1. The smallest absolute Gasteiger partial charge is 0.264 e. The quantitative estimate of drug-likeness (QED) is 0.373. The molecule has 5 rings (SSSR count). The second kappa shape index (κ2) is 9.12. The van der Waals surface area contributed by atoms with Crippen LogP contribution in [0.1, 0.15) is 11.1 Å². The van der Waals surface area contributed by atoms with Crippen LogP contribution in [-0.2, 0) is 11.4 Å².